The van der Waals surface area contributed by atoms with Crippen LogP contribution in [0.25, 0.3) is 17.4 Å². The van der Waals surface area contributed by atoms with E-state index in [0.717, 1.165) is 16.8 Å². The monoisotopic (exact) mass is 581 g/mol. The zero-order chi connectivity index (χ0) is 27.8. The normalized spacial score (nSPS) is 15.2. The van der Waals surface area contributed by atoms with E-state index in [2.05, 4.69) is 4.99 Å². The molecule has 2 aromatic heterocycles. The van der Waals surface area contributed by atoms with E-state index in [1.807, 2.05) is 49.3 Å². The number of benzene rings is 2. The number of carbonyl (C=O) groups is 1. The Morgan fingerprint density at radius 3 is 2.54 bits per heavy atom. The molecule has 7 nitrogen and oxygen atoms in total. The number of rotatable bonds is 6. The average Bonchev–Trinajstić information content (AvgIpc) is 3.49. The lowest BCUT2D eigenvalue weighted by molar-refractivity contribution is -0.139. The maximum absolute atomic E-state index is 13.8. The van der Waals surface area contributed by atoms with Crippen LogP contribution in [0.5, 0.6) is 0 Å². The van der Waals surface area contributed by atoms with E-state index in [1.54, 1.807) is 48.8 Å². The number of fused-ring (bicyclic) bond motifs is 1. The molecule has 0 unspecified atom stereocenters. The molecule has 1 aliphatic rings. The van der Waals surface area contributed by atoms with Crippen molar-refractivity contribution in [2.24, 2.45) is 4.99 Å². The van der Waals surface area contributed by atoms with E-state index in [0.29, 0.717) is 42.2 Å². The van der Waals surface area contributed by atoms with Crippen molar-refractivity contribution in [2.75, 3.05) is 25.6 Å². The van der Waals surface area contributed by atoms with E-state index >= 15 is 0 Å². The molecule has 39 heavy (non-hydrogen) atoms. The number of esters is 1. The van der Waals surface area contributed by atoms with Crippen LogP contribution in [0.4, 0.5) is 5.69 Å². The SMILES string of the molecule is CCOC(=O)C1=C(C)N=c2s/c(=C/c3ccc(-c4ccc(Cl)c(Cl)c4)o3)c(=O)n2[C@H]1c1ccc(N(C)C)cc1. The fourth-order valence-corrected chi connectivity index (χ4v) is 5.75. The Hall–Kier alpha value is -3.59. The summed E-state index contributed by atoms with van der Waals surface area (Å²) in [6, 6.07) is 15.9. The predicted octanol–water partition coefficient (Wildman–Crippen LogP) is 5.43. The smallest absolute Gasteiger partial charge is 0.338 e. The molecule has 0 N–H and O–H groups in total. The second kappa shape index (κ2) is 10.9. The summed E-state index contributed by atoms with van der Waals surface area (Å²) in [7, 11) is 3.90. The first-order valence-corrected chi connectivity index (χ1v) is 13.8. The van der Waals surface area contributed by atoms with Crippen LogP contribution in [-0.4, -0.2) is 31.2 Å². The van der Waals surface area contributed by atoms with Gasteiger partial charge in [-0.15, -0.1) is 0 Å². The maximum Gasteiger partial charge on any atom is 0.338 e. The number of carbonyl (C=O) groups excluding carboxylic acids is 1. The number of hydrogen-bond donors (Lipinski definition) is 0. The fraction of sp³-hybridized carbons (Fsp3) is 0.207. The van der Waals surface area contributed by atoms with Gasteiger partial charge in [0.15, 0.2) is 4.80 Å². The fourth-order valence-electron chi connectivity index (χ4n) is 4.43. The van der Waals surface area contributed by atoms with Crippen LogP contribution in [0.3, 0.4) is 0 Å². The first-order chi connectivity index (χ1) is 18.7. The number of furan rings is 1. The van der Waals surface area contributed by atoms with Crippen LogP contribution in [-0.2, 0) is 9.53 Å². The molecule has 0 radical (unpaired) electrons. The predicted molar refractivity (Wildman–Crippen MR) is 155 cm³/mol. The molecular formula is C29H25Cl2N3O4S. The molecule has 0 aliphatic carbocycles. The summed E-state index contributed by atoms with van der Waals surface area (Å²) >= 11 is 13.4. The van der Waals surface area contributed by atoms with Crippen LogP contribution in [0.1, 0.15) is 31.2 Å². The second-order valence-electron chi connectivity index (χ2n) is 9.12. The van der Waals surface area contributed by atoms with Crippen molar-refractivity contribution in [1.82, 2.24) is 4.57 Å². The molecule has 0 amide bonds. The van der Waals surface area contributed by atoms with Gasteiger partial charge in [0, 0.05) is 31.4 Å². The van der Waals surface area contributed by atoms with Crippen LogP contribution < -0.4 is 19.8 Å². The Balaban J connectivity index is 1.62. The molecule has 0 spiro atoms. The van der Waals surface area contributed by atoms with Gasteiger partial charge in [-0.1, -0.05) is 46.7 Å². The van der Waals surface area contributed by atoms with Gasteiger partial charge in [0.05, 0.1) is 38.5 Å². The lowest BCUT2D eigenvalue weighted by atomic mass is 9.95. The van der Waals surface area contributed by atoms with E-state index in [1.165, 1.54) is 11.3 Å². The molecule has 4 aromatic rings. The van der Waals surface area contributed by atoms with Crippen LogP contribution in [0.15, 0.2) is 80.1 Å². The molecule has 200 valence electrons. The molecule has 1 atom stereocenters. The van der Waals surface area contributed by atoms with Gasteiger partial charge in [0.25, 0.3) is 5.56 Å². The van der Waals surface area contributed by atoms with Crippen molar-refractivity contribution in [2.45, 2.75) is 19.9 Å². The number of hydrogen-bond acceptors (Lipinski definition) is 7. The van der Waals surface area contributed by atoms with Gasteiger partial charge in [-0.05, 0) is 61.9 Å². The third-order valence-corrected chi connectivity index (χ3v) is 8.07. The van der Waals surface area contributed by atoms with Gasteiger partial charge in [-0.25, -0.2) is 9.79 Å². The highest BCUT2D eigenvalue weighted by atomic mass is 35.5. The van der Waals surface area contributed by atoms with Gasteiger partial charge < -0.3 is 14.1 Å². The topological polar surface area (TPSA) is 77.0 Å². The van der Waals surface area contributed by atoms with Gasteiger partial charge >= 0.3 is 5.97 Å². The van der Waals surface area contributed by atoms with Crippen molar-refractivity contribution in [1.29, 1.82) is 0 Å². The first kappa shape index (κ1) is 27.0. The van der Waals surface area contributed by atoms with Gasteiger partial charge in [0.1, 0.15) is 11.5 Å². The largest absolute Gasteiger partial charge is 0.463 e. The van der Waals surface area contributed by atoms with Gasteiger partial charge in [-0.3, -0.25) is 9.36 Å². The Kier molecular flexibility index (Phi) is 7.53. The van der Waals surface area contributed by atoms with E-state index in [4.69, 9.17) is 32.4 Å². The molecule has 0 saturated carbocycles. The molecule has 0 fully saturated rings. The summed E-state index contributed by atoms with van der Waals surface area (Å²) in [6.45, 7) is 3.73. The van der Waals surface area contributed by atoms with Gasteiger partial charge in [0.2, 0.25) is 0 Å². The highest BCUT2D eigenvalue weighted by molar-refractivity contribution is 7.07. The zero-order valence-corrected chi connectivity index (χ0v) is 24.0. The summed E-state index contributed by atoms with van der Waals surface area (Å²) in [6.07, 6.45) is 1.68. The number of allylic oxidation sites excluding steroid dienone is 1. The minimum Gasteiger partial charge on any atom is -0.463 e. The standard InChI is InChI=1S/C29H25Cl2N3O4S/c1-5-37-28(36)25-16(2)32-29-34(26(25)17-6-9-19(10-7-17)33(3)4)27(35)24(39-29)15-20-11-13-23(38-20)18-8-12-21(30)22(31)14-18/h6-15,26H,5H2,1-4H3/b24-15+/t26-/m0/s1. The van der Waals surface area contributed by atoms with Crippen molar-refractivity contribution < 1.29 is 13.9 Å². The van der Waals surface area contributed by atoms with Gasteiger partial charge in [-0.2, -0.15) is 0 Å². The van der Waals surface area contributed by atoms with Crippen molar-refractivity contribution in [3.05, 3.63) is 107 Å². The first-order valence-electron chi connectivity index (χ1n) is 12.2. The minimum atomic E-state index is -0.679. The van der Waals surface area contributed by atoms with Crippen LogP contribution >= 0.6 is 34.5 Å². The summed E-state index contributed by atoms with van der Waals surface area (Å²) < 4.78 is 13.3. The zero-order valence-electron chi connectivity index (χ0n) is 21.7. The van der Waals surface area contributed by atoms with E-state index in [9.17, 15) is 9.59 Å². The maximum atomic E-state index is 13.8. The number of thiazole rings is 1. The molecule has 1 aliphatic heterocycles. The number of ether oxygens (including phenoxy) is 1. The third-order valence-electron chi connectivity index (χ3n) is 6.35. The van der Waals surface area contributed by atoms with Crippen LogP contribution in [0.2, 0.25) is 10.0 Å². The van der Waals surface area contributed by atoms with Crippen LogP contribution in [0, 0.1) is 0 Å². The molecule has 5 rings (SSSR count). The van der Waals surface area contributed by atoms with Crippen molar-refractivity contribution in [3.8, 4) is 11.3 Å². The van der Waals surface area contributed by atoms with E-state index < -0.39 is 12.0 Å². The van der Waals surface area contributed by atoms with Crippen molar-refractivity contribution in [3.63, 3.8) is 0 Å². The molecule has 10 heteroatoms. The Labute approximate surface area is 238 Å². The Morgan fingerprint density at radius 1 is 1.13 bits per heavy atom. The highest BCUT2D eigenvalue weighted by Gasteiger charge is 2.33. The molecule has 2 aromatic carbocycles. The third kappa shape index (κ3) is 5.20. The lowest BCUT2D eigenvalue weighted by Crippen LogP contribution is -2.39. The summed E-state index contributed by atoms with van der Waals surface area (Å²) in [5, 5.41) is 0.878. The molecule has 0 saturated heterocycles. The number of anilines is 1. The summed E-state index contributed by atoms with van der Waals surface area (Å²) in [4.78, 5) is 34.0. The minimum absolute atomic E-state index is 0.214. The molecule has 3 heterocycles. The second-order valence-corrected chi connectivity index (χ2v) is 10.9. The highest BCUT2D eigenvalue weighted by Crippen LogP contribution is 2.32. The number of halogens is 2. The average molecular weight is 583 g/mol. The molecular weight excluding hydrogens is 557 g/mol. The lowest BCUT2D eigenvalue weighted by Gasteiger charge is -2.25. The Bertz CT molecular complexity index is 1780. The number of nitrogens with zero attached hydrogens (tertiary/aromatic N) is 3. The summed E-state index contributed by atoms with van der Waals surface area (Å²) in [5.74, 6) is 0.591. The van der Waals surface area contributed by atoms with Crippen molar-refractivity contribution >= 4 is 52.3 Å². The quantitative estimate of drug-likeness (QED) is 0.284. The molecule has 0 bridgehead atoms. The number of aromatic nitrogens is 1. The van der Waals surface area contributed by atoms with E-state index in [-0.39, 0.29) is 12.2 Å². The summed E-state index contributed by atoms with van der Waals surface area (Å²) in [5.41, 5.74) is 3.13. The Morgan fingerprint density at radius 2 is 1.87 bits per heavy atom.